The molecule has 0 aliphatic carbocycles. The molecule has 0 saturated carbocycles. The maximum atomic E-state index is 11.1. The second kappa shape index (κ2) is 5.87. The van der Waals surface area contributed by atoms with Crippen molar-refractivity contribution >= 4 is 5.97 Å². The van der Waals surface area contributed by atoms with Crippen molar-refractivity contribution in [1.29, 1.82) is 0 Å². The van der Waals surface area contributed by atoms with Gasteiger partial charge >= 0.3 is 5.97 Å². The normalized spacial score (nSPS) is 15.8. The summed E-state index contributed by atoms with van der Waals surface area (Å²) < 4.78 is 5.59. The van der Waals surface area contributed by atoms with Crippen molar-refractivity contribution < 1.29 is 14.6 Å². The van der Waals surface area contributed by atoms with Gasteiger partial charge in [0.1, 0.15) is 17.9 Å². The van der Waals surface area contributed by atoms with Crippen LogP contribution in [0.25, 0.3) is 0 Å². The van der Waals surface area contributed by atoms with E-state index in [9.17, 15) is 4.79 Å². The lowest BCUT2D eigenvalue weighted by Crippen LogP contribution is -2.25. The summed E-state index contributed by atoms with van der Waals surface area (Å²) in [6.07, 6.45) is 2.51. The van der Waals surface area contributed by atoms with Crippen molar-refractivity contribution in [1.82, 2.24) is 4.90 Å². The van der Waals surface area contributed by atoms with Crippen LogP contribution < -0.4 is 4.74 Å². The molecule has 0 unspecified atom stereocenters. The Hall–Kier alpha value is -1.55. The van der Waals surface area contributed by atoms with E-state index in [2.05, 4.69) is 4.90 Å². The smallest absolute Gasteiger partial charge is 0.339 e. The summed E-state index contributed by atoms with van der Waals surface area (Å²) in [6.45, 7) is 5.54. The summed E-state index contributed by atoms with van der Waals surface area (Å²) in [7, 11) is 0. The van der Waals surface area contributed by atoms with Crippen LogP contribution in [0, 0.1) is 6.92 Å². The molecule has 0 spiro atoms. The maximum absolute atomic E-state index is 11.1. The van der Waals surface area contributed by atoms with Crippen LogP contribution in [0.5, 0.6) is 5.75 Å². The predicted octanol–water partition coefficient (Wildman–Crippen LogP) is 2.17. The third-order valence-electron chi connectivity index (χ3n) is 3.23. The molecule has 0 atom stereocenters. The minimum Gasteiger partial charge on any atom is -0.491 e. The molecule has 18 heavy (non-hydrogen) atoms. The molecule has 1 heterocycles. The van der Waals surface area contributed by atoms with Crippen molar-refractivity contribution in [3.8, 4) is 5.75 Å². The lowest BCUT2D eigenvalue weighted by molar-refractivity contribution is 0.0691. The molecular weight excluding hydrogens is 230 g/mol. The molecule has 98 valence electrons. The van der Waals surface area contributed by atoms with E-state index in [-0.39, 0.29) is 5.56 Å². The van der Waals surface area contributed by atoms with Crippen LogP contribution in [0.1, 0.15) is 28.8 Å². The molecule has 1 aromatic rings. The third kappa shape index (κ3) is 3.23. The van der Waals surface area contributed by atoms with Crippen LogP contribution in [0.4, 0.5) is 0 Å². The number of benzene rings is 1. The summed E-state index contributed by atoms with van der Waals surface area (Å²) in [4.78, 5) is 13.4. The molecule has 1 saturated heterocycles. The van der Waals surface area contributed by atoms with Crippen LogP contribution >= 0.6 is 0 Å². The Bertz CT molecular complexity index is 425. The molecule has 1 aromatic carbocycles. The largest absolute Gasteiger partial charge is 0.491 e. The lowest BCUT2D eigenvalue weighted by atomic mass is 10.1. The average molecular weight is 249 g/mol. The highest BCUT2D eigenvalue weighted by Crippen LogP contribution is 2.20. The third-order valence-corrected chi connectivity index (χ3v) is 3.23. The van der Waals surface area contributed by atoms with Crippen molar-refractivity contribution in [2.75, 3.05) is 26.2 Å². The quantitative estimate of drug-likeness (QED) is 0.869. The zero-order chi connectivity index (χ0) is 13.0. The number of ether oxygens (including phenoxy) is 1. The van der Waals surface area contributed by atoms with Gasteiger partial charge in [-0.15, -0.1) is 0 Å². The van der Waals surface area contributed by atoms with Gasteiger partial charge in [0.15, 0.2) is 0 Å². The molecule has 4 heteroatoms. The van der Waals surface area contributed by atoms with Crippen LogP contribution in [0.15, 0.2) is 18.2 Å². The molecule has 0 bridgehead atoms. The molecule has 1 aliphatic heterocycles. The van der Waals surface area contributed by atoms with Gasteiger partial charge in [-0.1, -0.05) is 11.6 Å². The highest BCUT2D eigenvalue weighted by molar-refractivity contribution is 5.91. The van der Waals surface area contributed by atoms with Gasteiger partial charge in [0.25, 0.3) is 0 Å². The van der Waals surface area contributed by atoms with E-state index in [0.29, 0.717) is 12.4 Å². The number of likely N-dealkylation sites (tertiary alicyclic amines) is 1. The Kier molecular flexibility index (Phi) is 4.20. The minimum atomic E-state index is -0.935. The fourth-order valence-electron chi connectivity index (χ4n) is 2.23. The van der Waals surface area contributed by atoms with Gasteiger partial charge in [0.05, 0.1) is 0 Å². The van der Waals surface area contributed by atoms with E-state index >= 15 is 0 Å². The molecule has 0 radical (unpaired) electrons. The fourth-order valence-corrected chi connectivity index (χ4v) is 2.23. The first-order valence-electron chi connectivity index (χ1n) is 6.36. The van der Waals surface area contributed by atoms with Crippen molar-refractivity contribution in [3.05, 3.63) is 29.3 Å². The number of nitrogens with zero attached hydrogens (tertiary/aromatic N) is 1. The fraction of sp³-hybridized carbons (Fsp3) is 0.500. The number of hydrogen-bond acceptors (Lipinski definition) is 3. The molecule has 1 aliphatic rings. The average Bonchev–Trinajstić information content (AvgIpc) is 2.84. The minimum absolute atomic E-state index is 0.247. The Labute approximate surface area is 107 Å². The summed E-state index contributed by atoms with van der Waals surface area (Å²) in [5.74, 6) is -0.470. The van der Waals surface area contributed by atoms with Gasteiger partial charge in [-0.05, 0) is 45.0 Å². The first kappa shape index (κ1) is 12.9. The van der Waals surface area contributed by atoms with Gasteiger partial charge in [0.2, 0.25) is 0 Å². The van der Waals surface area contributed by atoms with Crippen LogP contribution in [-0.4, -0.2) is 42.2 Å². The van der Waals surface area contributed by atoms with Crippen LogP contribution in [0.3, 0.4) is 0 Å². The highest BCUT2D eigenvalue weighted by atomic mass is 16.5. The molecule has 2 rings (SSSR count). The van der Waals surface area contributed by atoms with E-state index < -0.39 is 5.97 Å². The van der Waals surface area contributed by atoms with Gasteiger partial charge in [0, 0.05) is 6.54 Å². The van der Waals surface area contributed by atoms with E-state index in [4.69, 9.17) is 9.84 Å². The number of rotatable bonds is 5. The predicted molar refractivity (Wildman–Crippen MR) is 69.3 cm³/mol. The number of aryl methyl sites for hydroxylation is 1. The zero-order valence-electron chi connectivity index (χ0n) is 10.7. The Morgan fingerprint density at radius 1 is 1.39 bits per heavy atom. The van der Waals surface area contributed by atoms with Gasteiger partial charge in [-0.2, -0.15) is 0 Å². The molecule has 0 amide bonds. The van der Waals surface area contributed by atoms with Gasteiger partial charge in [-0.3, -0.25) is 4.90 Å². The van der Waals surface area contributed by atoms with E-state index in [1.165, 1.54) is 12.8 Å². The lowest BCUT2D eigenvalue weighted by Gasteiger charge is -2.15. The zero-order valence-corrected chi connectivity index (χ0v) is 10.7. The monoisotopic (exact) mass is 249 g/mol. The topological polar surface area (TPSA) is 49.8 Å². The Morgan fingerprint density at radius 3 is 2.78 bits per heavy atom. The van der Waals surface area contributed by atoms with E-state index in [1.54, 1.807) is 12.1 Å². The Morgan fingerprint density at radius 2 is 2.11 bits per heavy atom. The number of carbonyl (C=O) groups is 1. The van der Waals surface area contributed by atoms with Crippen LogP contribution in [0.2, 0.25) is 0 Å². The highest BCUT2D eigenvalue weighted by Gasteiger charge is 2.13. The van der Waals surface area contributed by atoms with E-state index in [0.717, 1.165) is 25.2 Å². The van der Waals surface area contributed by atoms with E-state index in [1.807, 2.05) is 13.0 Å². The summed E-state index contributed by atoms with van der Waals surface area (Å²) in [5.41, 5.74) is 1.18. The summed E-state index contributed by atoms with van der Waals surface area (Å²) >= 11 is 0. The van der Waals surface area contributed by atoms with Crippen molar-refractivity contribution in [2.45, 2.75) is 19.8 Å². The number of carboxylic acids is 1. The Balaban J connectivity index is 1.93. The van der Waals surface area contributed by atoms with Crippen molar-refractivity contribution in [3.63, 3.8) is 0 Å². The molecule has 4 nitrogen and oxygen atoms in total. The van der Waals surface area contributed by atoms with Gasteiger partial charge < -0.3 is 9.84 Å². The second-order valence-electron chi connectivity index (χ2n) is 4.70. The standard InChI is InChI=1S/C14H19NO3/c1-11-4-5-13(12(10-11)14(16)17)18-9-8-15-6-2-3-7-15/h4-5,10H,2-3,6-9H2,1H3,(H,16,17). The summed E-state index contributed by atoms with van der Waals surface area (Å²) in [5, 5.41) is 9.11. The van der Waals surface area contributed by atoms with Gasteiger partial charge in [-0.25, -0.2) is 4.79 Å². The molecule has 0 aromatic heterocycles. The first-order chi connectivity index (χ1) is 8.66. The summed E-state index contributed by atoms with van der Waals surface area (Å²) in [6, 6.07) is 5.26. The number of aromatic carboxylic acids is 1. The van der Waals surface area contributed by atoms with Crippen LogP contribution in [-0.2, 0) is 0 Å². The first-order valence-corrected chi connectivity index (χ1v) is 6.36. The number of carboxylic acid groups (broad SMARTS) is 1. The maximum Gasteiger partial charge on any atom is 0.339 e. The molecule has 1 fully saturated rings. The van der Waals surface area contributed by atoms with Crippen molar-refractivity contribution in [2.24, 2.45) is 0 Å². The second-order valence-corrected chi connectivity index (χ2v) is 4.70. The SMILES string of the molecule is Cc1ccc(OCCN2CCCC2)c(C(=O)O)c1. The molecule has 1 N–H and O–H groups in total. The molecular formula is C14H19NO3. The number of hydrogen-bond donors (Lipinski definition) is 1.